The summed E-state index contributed by atoms with van der Waals surface area (Å²) >= 11 is 3.15. The fourth-order valence-electron chi connectivity index (χ4n) is 1.17. The van der Waals surface area contributed by atoms with Crippen molar-refractivity contribution in [2.45, 2.75) is 19.9 Å². The highest BCUT2D eigenvalue weighted by Crippen LogP contribution is 2.03. The first kappa shape index (κ1) is 16.1. The topological polar surface area (TPSA) is 67.4 Å². The van der Waals surface area contributed by atoms with Gasteiger partial charge in [-0.2, -0.15) is 0 Å². The van der Waals surface area contributed by atoms with E-state index in [9.17, 15) is 9.59 Å². The van der Waals surface area contributed by atoms with E-state index in [0.717, 1.165) is 0 Å². The summed E-state index contributed by atoms with van der Waals surface area (Å²) in [6.07, 6.45) is 0. The van der Waals surface area contributed by atoms with Crippen molar-refractivity contribution in [3.8, 4) is 0 Å². The summed E-state index contributed by atoms with van der Waals surface area (Å²) in [5.74, 6) is -0.538. The molecule has 0 spiro atoms. The molecule has 2 N–H and O–H groups in total. The van der Waals surface area contributed by atoms with Gasteiger partial charge in [-0.1, -0.05) is 36.4 Å². The number of hydrogen-bond acceptors (Lipinski definition) is 3. The van der Waals surface area contributed by atoms with Crippen LogP contribution in [0.3, 0.4) is 0 Å². The predicted octanol–water partition coefficient (Wildman–Crippen LogP) is 0.798. The fourth-order valence-corrected chi connectivity index (χ4v) is 1.31. The smallest absolute Gasteiger partial charge is 0.246 e. The van der Waals surface area contributed by atoms with Gasteiger partial charge in [0.2, 0.25) is 11.8 Å². The molecule has 0 rings (SSSR count). The van der Waals surface area contributed by atoms with Gasteiger partial charge in [-0.05, 0) is 5.92 Å². The van der Waals surface area contributed by atoms with Crippen molar-refractivity contribution in [3.05, 3.63) is 11.1 Å². The van der Waals surface area contributed by atoms with Crippen molar-refractivity contribution in [1.29, 1.82) is 0 Å². The number of hydrogen-bond donors (Lipinski definition) is 2. The molecule has 0 aromatic carbocycles. The van der Waals surface area contributed by atoms with Crippen molar-refractivity contribution < 1.29 is 14.3 Å². The van der Waals surface area contributed by atoms with E-state index in [1.165, 1.54) is 7.11 Å². The normalized spacial score (nSPS) is 12.1. The molecular formula is C11H19BrN2O3. The van der Waals surface area contributed by atoms with Gasteiger partial charge in [0.15, 0.2) is 0 Å². The highest BCUT2D eigenvalue weighted by atomic mass is 79.9. The van der Waals surface area contributed by atoms with E-state index in [-0.39, 0.29) is 24.3 Å². The summed E-state index contributed by atoms with van der Waals surface area (Å²) in [6, 6.07) is -0.565. The van der Waals surface area contributed by atoms with Crippen LogP contribution in [0.1, 0.15) is 13.8 Å². The number of carbonyl (C=O) groups excluding carboxylic acids is 2. The van der Waals surface area contributed by atoms with E-state index in [1.54, 1.807) is 0 Å². The summed E-state index contributed by atoms with van der Waals surface area (Å²) in [6.45, 7) is 7.62. The number of halogens is 1. The molecule has 0 bridgehead atoms. The van der Waals surface area contributed by atoms with Crippen molar-refractivity contribution in [3.63, 3.8) is 0 Å². The molecule has 0 fully saturated rings. The number of methoxy groups -OCH3 is 1. The number of ether oxygens (including phenoxy) is 1. The lowest BCUT2D eigenvalue weighted by molar-refractivity contribution is -0.131. The maximum absolute atomic E-state index is 11.8. The largest absolute Gasteiger partial charge is 0.375 e. The Labute approximate surface area is 110 Å². The molecule has 0 heterocycles. The summed E-state index contributed by atoms with van der Waals surface area (Å²) in [5.41, 5.74) is 0. The lowest BCUT2D eigenvalue weighted by atomic mass is 10.0. The third-order valence-electron chi connectivity index (χ3n) is 2.00. The molecule has 0 aliphatic rings. The molecule has 0 aromatic rings. The Kier molecular flexibility index (Phi) is 7.82. The predicted molar refractivity (Wildman–Crippen MR) is 69.7 cm³/mol. The summed E-state index contributed by atoms with van der Waals surface area (Å²) in [5, 5.41) is 5.29. The lowest BCUT2D eigenvalue weighted by Gasteiger charge is -2.21. The maximum Gasteiger partial charge on any atom is 0.246 e. The van der Waals surface area contributed by atoms with Gasteiger partial charge >= 0.3 is 0 Å². The quantitative estimate of drug-likeness (QED) is 0.731. The van der Waals surface area contributed by atoms with Crippen LogP contribution in [-0.2, 0) is 14.3 Å². The average molecular weight is 307 g/mol. The van der Waals surface area contributed by atoms with E-state index >= 15 is 0 Å². The van der Waals surface area contributed by atoms with Gasteiger partial charge in [-0.25, -0.2) is 0 Å². The molecule has 0 aliphatic heterocycles. The van der Waals surface area contributed by atoms with E-state index in [1.807, 2.05) is 13.8 Å². The molecule has 0 radical (unpaired) electrons. The van der Waals surface area contributed by atoms with Gasteiger partial charge in [0.25, 0.3) is 0 Å². The molecule has 17 heavy (non-hydrogen) atoms. The number of carbonyl (C=O) groups is 2. The maximum atomic E-state index is 11.8. The van der Waals surface area contributed by atoms with Gasteiger partial charge in [0.05, 0.1) is 0 Å². The minimum Gasteiger partial charge on any atom is -0.375 e. The van der Waals surface area contributed by atoms with Crippen molar-refractivity contribution in [2.75, 3.05) is 20.3 Å². The lowest BCUT2D eigenvalue weighted by Crippen LogP contribution is -2.50. The van der Waals surface area contributed by atoms with Crippen LogP contribution in [0, 0.1) is 5.92 Å². The van der Waals surface area contributed by atoms with Gasteiger partial charge in [-0.3, -0.25) is 9.59 Å². The van der Waals surface area contributed by atoms with Crippen LogP contribution in [0.15, 0.2) is 11.1 Å². The third kappa shape index (κ3) is 7.12. The zero-order chi connectivity index (χ0) is 13.4. The first-order valence-electron chi connectivity index (χ1n) is 5.27. The second kappa shape index (κ2) is 8.25. The Morgan fingerprint density at radius 3 is 2.41 bits per heavy atom. The second-order valence-electron chi connectivity index (χ2n) is 3.96. The molecule has 0 saturated heterocycles. The van der Waals surface area contributed by atoms with E-state index in [4.69, 9.17) is 4.74 Å². The standard InChI is InChI=1S/C11H19BrN2O3/c1-7(2)10(14-9(15)6-17-4)11(16)13-5-8(3)12/h7,10H,3,5-6H2,1-2,4H3,(H,13,16)(H,14,15)/t10-/m0/s1. The molecule has 98 valence electrons. The molecule has 2 amide bonds. The Hall–Kier alpha value is -0.880. The van der Waals surface area contributed by atoms with Crippen LogP contribution in [0.2, 0.25) is 0 Å². The number of amides is 2. The monoisotopic (exact) mass is 306 g/mol. The molecule has 1 atom stereocenters. The van der Waals surface area contributed by atoms with E-state index in [0.29, 0.717) is 11.0 Å². The van der Waals surface area contributed by atoms with Crippen LogP contribution >= 0.6 is 15.9 Å². The van der Waals surface area contributed by atoms with Gasteiger partial charge < -0.3 is 15.4 Å². The Bertz CT molecular complexity index is 292. The first-order valence-corrected chi connectivity index (χ1v) is 6.07. The molecule has 0 aromatic heterocycles. The second-order valence-corrected chi connectivity index (χ2v) is 5.08. The van der Waals surface area contributed by atoms with Gasteiger partial charge in [0, 0.05) is 18.1 Å². The Morgan fingerprint density at radius 2 is 2.00 bits per heavy atom. The minimum absolute atomic E-state index is 0.000558. The van der Waals surface area contributed by atoms with E-state index < -0.39 is 6.04 Å². The molecule has 5 nitrogen and oxygen atoms in total. The molecule has 0 aliphatic carbocycles. The summed E-state index contributed by atoms with van der Waals surface area (Å²) < 4.78 is 5.37. The van der Waals surface area contributed by atoms with Crippen LogP contribution in [0.5, 0.6) is 0 Å². The van der Waals surface area contributed by atoms with Crippen molar-refractivity contribution in [2.24, 2.45) is 5.92 Å². The Morgan fingerprint density at radius 1 is 1.41 bits per heavy atom. The number of rotatable bonds is 7. The van der Waals surface area contributed by atoms with Crippen LogP contribution in [-0.4, -0.2) is 38.1 Å². The van der Waals surface area contributed by atoms with Crippen LogP contribution in [0.25, 0.3) is 0 Å². The molecule has 0 saturated carbocycles. The molecular weight excluding hydrogens is 288 g/mol. The zero-order valence-electron chi connectivity index (χ0n) is 10.4. The molecule has 6 heteroatoms. The highest BCUT2D eigenvalue weighted by molar-refractivity contribution is 9.11. The van der Waals surface area contributed by atoms with Crippen molar-refractivity contribution >= 4 is 27.7 Å². The van der Waals surface area contributed by atoms with Crippen LogP contribution < -0.4 is 10.6 Å². The van der Waals surface area contributed by atoms with Crippen molar-refractivity contribution in [1.82, 2.24) is 10.6 Å². The third-order valence-corrected chi connectivity index (χ3v) is 2.28. The Balaban J connectivity index is 4.36. The average Bonchev–Trinajstić information content (AvgIpc) is 2.22. The number of nitrogens with one attached hydrogen (secondary N) is 2. The van der Waals surface area contributed by atoms with E-state index in [2.05, 4.69) is 33.1 Å². The highest BCUT2D eigenvalue weighted by Gasteiger charge is 2.23. The fraction of sp³-hybridized carbons (Fsp3) is 0.636. The van der Waals surface area contributed by atoms with Crippen LogP contribution in [0.4, 0.5) is 0 Å². The molecule has 0 unspecified atom stereocenters. The minimum atomic E-state index is -0.565. The summed E-state index contributed by atoms with van der Waals surface area (Å²) in [4.78, 5) is 23.2. The zero-order valence-corrected chi connectivity index (χ0v) is 12.0. The first-order chi connectivity index (χ1) is 7.88. The van der Waals surface area contributed by atoms with Gasteiger partial charge in [0.1, 0.15) is 12.6 Å². The SMILES string of the molecule is C=C(Br)CNC(=O)[C@@H](NC(=O)COC)C(C)C. The van der Waals surface area contributed by atoms with Gasteiger partial charge in [-0.15, -0.1) is 0 Å². The summed E-state index contributed by atoms with van der Waals surface area (Å²) in [7, 11) is 1.43.